The average Bonchev–Trinajstić information content (AvgIpc) is 2.70. The van der Waals surface area contributed by atoms with Crippen molar-refractivity contribution in [1.29, 1.82) is 0 Å². The van der Waals surface area contributed by atoms with E-state index in [1.165, 1.54) is 0 Å². The van der Waals surface area contributed by atoms with Gasteiger partial charge in [-0.25, -0.2) is 4.79 Å². The van der Waals surface area contributed by atoms with Crippen molar-refractivity contribution in [2.75, 3.05) is 24.1 Å². The van der Waals surface area contributed by atoms with Crippen LogP contribution in [-0.4, -0.2) is 46.8 Å². The van der Waals surface area contributed by atoms with Gasteiger partial charge in [0.1, 0.15) is 5.60 Å². The van der Waals surface area contributed by atoms with E-state index in [2.05, 4.69) is 22.6 Å². The lowest BCUT2D eigenvalue weighted by Gasteiger charge is -2.41. The average molecular weight is 381 g/mol. The van der Waals surface area contributed by atoms with E-state index in [-0.39, 0.29) is 6.09 Å². The molecule has 0 aromatic carbocycles. The summed E-state index contributed by atoms with van der Waals surface area (Å²) in [5.41, 5.74) is -0.104. The smallest absolute Gasteiger partial charge is 0.410 e. The van der Waals surface area contributed by atoms with Gasteiger partial charge >= 0.3 is 6.09 Å². The van der Waals surface area contributed by atoms with Gasteiger partial charge < -0.3 is 14.4 Å². The molecule has 2 rings (SSSR count). The lowest BCUT2D eigenvalue weighted by Crippen LogP contribution is -2.48. The SMILES string of the molecule is CC(C)(C)OC(=O)N1CCC2(CCOC2CI)CC1. The van der Waals surface area contributed by atoms with Gasteiger partial charge in [0.25, 0.3) is 0 Å². The second-order valence-electron chi connectivity index (χ2n) is 6.59. The van der Waals surface area contributed by atoms with Crippen LogP contribution in [-0.2, 0) is 9.47 Å². The molecule has 110 valence electrons. The molecule has 0 aromatic rings. The Morgan fingerprint density at radius 3 is 2.53 bits per heavy atom. The number of likely N-dealkylation sites (tertiary alicyclic amines) is 1. The van der Waals surface area contributed by atoms with Crippen LogP contribution in [0.1, 0.15) is 40.0 Å². The van der Waals surface area contributed by atoms with Gasteiger partial charge in [-0.15, -0.1) is 0 Å². The molecule has 1 unspecified atom stereocenters. The van der Waals surface area contributed by atoms with E-state index in [9.17, 15) is 4.79 Å². The highest BCUT2D eigenvalue weighted by atomic mass is 127. The maximum Gasteiger partial charge on any atom is 0.410 e. The molecule has 2 heterocycles. The normalized spacial score (nSPS) is 26.7. The van der Waals surface area contributed by atoms with Crippen molar-refractivity contribution in [1.82, 2.24) is 4.90 Å². The lowest BCUT2D eigenvalue weighted by molar-refractivity contribution is -0.00424. The maximum absolute atomic E-state index is 12.0. The Balaban J connectivity index is 1.90. The summed E-state index contributed by atoms with van der Waals surface area (Å²) in [5.74, 6) is 0. The number of hydrogen-bond donors (Lipinski definition) is 0. The molecular formula is C14H24INO3. The Labute approximate surface area is 129 Å². The van der Waals surface area contributed by atoms with E-state index in [1.807, 2.05) is 25.7 Å². The molecule has 0 bridgehead atoms. The topological polar surface area (TPSA) is 38.8 Å². The molecular weight excluding hydrogens is 357 g/mol. The third-order valence-electron chi connectivity index (χ3n) is 4.15. The molecule has 0 aromatic heterocycles. The van der Waals surface area contributed by atoms with E-state index < -0.39 is 5.60 Å². The van der Waals surface area contributed by atoms with E-state index in [1.54, 1.807) is 0 Å². The molecule has 5 heteroatoms. The second-order valence-corrected chi connectivity index (χ2v) is 7.47. The molecule has 1 atom stereocenters. The van der Waals surface area contributed by atoms with Crippen LogP contribution < -0.4 is 0 Å². The summed E-state index contributed by atoms with van der Waals surface area (Å²) in [7, 11) is 0. The van der Waals surface area contributed by atoms with Gasteiger partial charge in [0.05, 0.1) is 6.10 Å². The number of hydrogen-bond acceptors (Lipinski definition) is 3. The summed E-state index contributed by atoms with van der Waals surface area (Å²) in [6.45, 7) is 8.20. The second kappa shape index (κ2) is 5.76. The molecule has 2 aliphatic rings. The highest BCUT2D eigenvalue weighted by Gasteiger charge is 2.46. The molecule has 1 amide bonds. The Morgan fingerprint density at radius 2 is 2.00 bits per heavy atom. The summed E-state index contributed by atoms with van der Waals surface area (Å²) in [5, 5.41) is 0. The molecule has 0 N–H and O–H groups in total. The first-order chi connectivity index (χ1) is 8.86. The number of amides is 1. The summed E-state index contributed by atoms with van der Waals surface area (Å²) in [6.07, 6.45) is 3.42. The number of rotatable bonds is 1. The van der Waals surface area contributed by atoms with Gasteiger partial charge in [-0.1, -0.05) is 22.6 Å². The third-order valence-corrected chi connectivity index (χ3v) is 4.95. The minimum absolute atomic E-state index is 0.174. The summed E-state index contributed by atoms with van der Waals surface area (Å²) in [6, 6.07) is 0. The molecule has 2 saturated heterocycles. The highest BCUT2D eigenvalue weighted by molar-refractivity contribution is 14.1. The fraction of sp³-hybridized carbons (Fsp3) is 0.929. The quantitative estimate of drug-likeness (QED) is 0.517. The van der Waals surface area contributed by atoms with Crippen molar-refractivity contribution in [3.8, 4) is 0 Å². The van der Waals surface area contributed by atoms with Crippen molar-refractivity contribution < 1.29 is 14.3 Å². The van der Waals surface area contributed by atoms with Crippen LogP contribution in [0.15, 0.2) is 0 Å². The lowest BCUT2D eigenvalue weighted by atomic mass is 9.73. The van der Waals surface area contributed by atoms with Crippen molar-refractivity contribution in [3.63, 3.8) is 0 Å². The predicted octanol–water partition coefficient (Wildman–Crippen LogP) is 3.23. The predicted molar refractivity (Wildman–Crippen MR) is 82.7 cm³/mol. The number of carbonyl (C=O) groups is 1. The largest absolute Gasteiger partial charge is 0.444 e. The number of alkyl halides is 1. The standard InChI is InChI=1S/C14H24INO3/c1-13(2,3)19-12(17)16-7-4-14(5-8-16)6-9-18-11(14)10-15/h11H,4-10H2,1-3H3. The number of halogens is 1. The first-order valence-electron chi connectivity index (χ1n) is 7.02. The molecule has 1 spiro atoms. The molecule has 0 saturated carbocycles. The fourth-order valence-corrected chi connectivity index (χ4v) is 4.17. The number of piperidine rings is 1. The van der Waals surface area contributed by atoms with Crippen LogP contribution in [0, 0.1) is 5.41 Å². The van der Waals surface area contributed by atoms with Gasteiger partial charge in [-0.05, 0) is 40.0 Å². The van der Waals surface area contributed by atoms with Crippen LogP contribution >= 0.6 is 22.6 Å². The van der Waals surface area contributed by atoms with Crippen LogP contribution in [0.2, 0.25) is 0 Å². The van der Waals surface area contributed by atoms with Crippen LogP contribution in [0.25, 0.3) is 0 Å². The third kappa shape index (κ3) is 3.54. The zero-order valence-electron chi connectivity index (χ0n) is 12.1. The molecule has 2 fully saturated rings. The molecule has 0 aliphatic carbocycles. The molecule has 19 heavy (non-hydrogen) atoms. The monoisotopic (exact) mass is 381 g/mol. The molecule has 2 aliphatic heterocycles. The van der Waals surface area contributed by atoms with Crippen molar-refractivity contribution in [3.05, 3.63) is 0 Å². The molecule has 0 radical (unpaired) electrons. The van der Waals surface area contributed by atoms with Crippen molar-refractivity contribution in [2.45, 2.75) is 51.7 Å². The van der Waals surface area contributed by atoms with E-state index in [0.717, 1.165) is 43.4 Å². The van der Waals surface area contributed by atoms with E-state index in [4.69, 9.17) is 9.47 Å². The van der Waals surface area contributed by atoms with Crippen LogP contribution in [0.5, 0.6) is 0 Å². The minimum Gasteiger partial charge on any atom is -0.444 e. The van der Waals surface area contributed by atoms with Gasteiger partial charge in [-0.3, -0.25) is 0 Å². The Morgan fingerprint density at radius 1 is 1.37 bits per heavy atom. The maximum atomic E-state index is 12.0. The Bertz CT molecular complexity index is 332. The summed E-state index contributed by atoms with van der Waals surface area (Å²) in [4.78, 5) is 13.9. The highest BCUT2D eigenvalue weighted by Crippen LogP contribution is 2.44. The first kappa shape index (κ1) is 15.4. The zero-order chi connectivity index (χ0) is 14.1. The Hall–Kier alpha value is -0.0400. The number of carbonyl (C=O) groups excluding carboxylic acids is 1. The number of nitrogens with zero attached hydrogens (tertiary/aromatic N) is 1. The van der Waals surface area contributed by atoms with Crippen LogP contribution in [0.3, 0.4) is 0 Å². The van der Waals surface area contributed by atoms with Crippen molar-refractivity contribution >= 4 is 28.7 Å². The Kier molecular flexibility index (Phi) is 4.65. The van der Waals surface area contributed by atoms with Gasteiger partial charge in [-0.2, -0.15) is 0 Å². The minimum atomic E-state index is -0.409. The van der Waals surface area contributed by atoms with Crippen molar-refractivity contribution in [2.24, 2.45) is 5.41 Å². The summed E-state index contributed by atoms with van der Waals surface area (Å²) < 4.78 is 12.3. The van der Waals surface area contributed by atoms with Crippen LogP contribution in [0.4, 0.5) is 4.79 Å². The van der Waals surface area contributed by atoms with E-state index in [0.29, 0.717) is 11.5 Å². The summed E-state index contributed by atoms with van der Waals surface area (Å²) >= 11 is 2.41. The zero-order valence-corrected chi connectivity index (χ0v) is 14.2. The van der Waals surface area contributed by atoms with Gasteiger partial charge in [0.2, 0.25) is 0 Å². The first-order valence-corrected chi connectivity index (χ1v) is 8.54. The number of ether oxygens (including phenoxy) is 2. The van der Waals surface area contributed by atoms with Gasteiger partial charge in [0.15, 0.2) is 0 Å². The van der Waals surface area contributed by atoms with Gasteiger partial charge in [0, 0.05) is 29.5 Å². The fourth-order valence-electron chi connectivity index (χ4n) is 2.98. The molecule has 4 nitrogen and oxygen atoms in total. The van der Waals surface area contributed by atoms with E-state index >= 15 is 0 Å².